The fourth-order valence-corrected chi connectivity index (χ4v) is 1.70. The highest BCUT2D eigenvalue weighted by Crippen LogP contribution is 2.12. The number of benzene rings is 1. The van der Waals surface area contributed by atoms with E-state index in [2.05, 4.69) is 10.5 Å². The molecule has 0 aliphatic carbocycles. The summed E-state index contributed by atoms with van der Waals surface area (Å²) in [4.78, 5) is 0. The van der Waals surface area contributed by atoms with E-state index < -0.39 is 5.60 Å². The number of rotatable bonds is 6. The van der Waals surface area contributed by atoms with E-state index in [1.165, 1.54) is 0 Å². The first-order valence-electron chi connectivity index (χ1n) is 6.40. The van der Waals surface area contributed by atoms with E-state index in [9.17, 15) is 5.11 Å². The molecule has 19 heavy (non-hydrogen) atoms. The second kappa shape index (κ2) is 6.54. The summed E-state index contributed by atoms with van der Waals surface area (Å²) >= 11 is 0. The van der Waals surface area contributed by atoms with Gasteiger partial charge in [0.05, 0.1) is 5.60 Å². The Hall–Kier alpha value is -1.59. The smallest absolute Gasteiger partial charge is 0.170 e. The van der Waals surface area contributed by atoms with Crippen LogP contribution in [0.25, 0.3) is 0 Å². The Morgan fingerprint density at radius 1 is 1.47 bits per heavy atom. The summed E-state index contributed by atoms with van der Waals surface area (Å²) in [7, 11) is 0. The molecule has 1 rings (SSSR count). The molecule has 1 aromatic carbocycles. The van der Waals surface area contributed by atoms with E-state index in [0.717, 1.165) is 11.1 Å². The molecule has 0 saturated carbocycles. The van der Waals surface area contributed by atoms with Crippen molar-refractivity contribution in [3.63, 3.8) is 0 Å². The molecule has 0 spiro atoms. The lowest BCUT2D eigenvalue weighted by Gasteiger charge is -2.22. The zero-order valence-electron chi connectivity index (χ0n) is 11.8. The van der Waals surface area contributed by atoms with Crippen molar-refractivity contribution in [3.05, 3.63) is 34.9 Å². The number of nitrogens with two attached hydrogens (primary N) is 1. The minimum absolute atomic E-state index is 0.108. The molecule has 1 aromatic rings. The molecule has 0 heterocycles. The Labute approximate surface area is 114 Å². The molecule has 0 radical (unpaired) electrons. The van der Waals surface area contributed by atoms with E-state index in [1.54, 1.807) is 0 Å². The van der Waals surface area contributed by atoms with Gasteiger partial charge in [0, 0.05) is 18.7 Å². The van der Waals surface area contributed by atoms with E-state index in [4.69, 9.17) is 10.9 Å². The maximum Gasteiger partial charge on any atom is 0.170 e. The largest absolute Gasteiger partial charge is 0.409 e. The van der Waals surface area contributed by atoms with Crippen molar-refractivity contribution in [2.45, 2.75) is 39.3 Å². The molecule has 0 aliphatic heterocycles. The van der Waals surface area contributed by atoms with Crippen LogP contribution in [0, 0.1) is 6.92 Å². The normalized spacial score (nSPS) is 15.3. The van der Waals surface area contributed by atoms with Crippen LogP contribution in [0.4, 0.5) is 0 Å². The molecule has 5 nitrogen and oxygen atoms in total. The fourth-order valence-electron chi connectivity index (χ4n) is 1.70. The predicted molar refractivity (Wildman–Crippen MR) is 76.3 cm³/mol. The first kappa shape index (κ1) is 15.5. The van der Waals surface area contributed by atoms with E-state index >= 15 is 0 Å². The van der Waals surface area contributed by atoms with Crippen LogP contribution >= 0.6 is 0 Å². The number of aliphatic hydroxyl groups is 1. The Morgan fingerprint density at radius 3 is 2.68 bits per heavy atom. The third kappa shape index (κ3) is 4.54. The number of amidine groups is 1. The second-order valence-corrected chi connectivity index (χ2v) is 5.08. The summed E-state index contributed by atoms with van der Waals surface area (Å²) in [6.07, 6.45) is 0.710. The number of nitrogens with one attached hydrogen (secondary N) is 1. The van der Waals surface area contributed by atoms with Crippen molar-refractivity contribution >= 4 is 5.84 Å². The third-order valence-electron chi connectivity index (χ3n) is 3.33. The summed E-state index contributed by atoms with van der Waals surface area (Å²) in [5.41, 5.74) is 7.75. The molecular formula is C14H23N3O2. The van der Waals surface area contributed by atoms with Gasteiger partial charge in [-0.05, 0) is 37.5 Å². The van der Waals surface area contributed by atoms with Gasteiger partial charge in [0.1, 0.15) is 0 Å². The lowest BCUT2D eigenvalue weighted by Crippen LogP contribution is -2.36. The number of oxime groups is 1. The average molecular weight is 265 g/mol. The number of aryl methyl sites for hydroxylation is 1. The molecule has 0 bridgehead atoms. The SMILES string of the molecule is CCC(C)(O)CNCc1ccc(/C(N)=N/O)cc1C. The average Bonchev–Trinajstić information content (AvgIpc) is 2.39. The highest BCUT2D eigenvalue weighted by molar-refractivity contribution is 5.97. The fraction of sp³-hybridized carbons (Fsp3) is 0.500. The van der Waals surface area contributed by atoms with Crippen LogP contribution in [0.15, 0.2) is 23.4 Å². The quantitative estimate of drug-likeness (QED) is 0.270. The first-order valence-corrected chi connectivity index (χ1v) is 6.40. The zero-order valence-corrected chi connectivity index (χ0v) is 11.8. The lowest BCUT2D eigenvalue weighted by atomic mass is 10.0. The second-order valence-electron chi connectivity index (χ2n) is 5.08. The minimum atomic E-state index is -0.679. The summed E-state index contributed by atoms with van der Waals surface area (Å²) in [6, 6.07) is 5.64. The van der Waals surface area contributed by atoms with Crippen molar-refractivity contribution in [3.8, 4) is 0 Å². The maximum atomic E-state index is 9.90. The van der Waals surface area contributed by atoms with Crippen LogP contribution < -0.4 is 11.1 Å². The van der Waals surface area contributed by atoms with Gasteiger partial charge in [-0.1, -0.05) is 24.2 Å². The number of nitrogens with zero attached hydrogens (tertiary/aromatic N) is 1. The summed E-state index contributed by atoms with van der Waals surface area (Å²) in [5, 5.41) is 24.7. The molecule has 0 aromatic heterocycles. The van der Waals surface area contributed by atoms with Crippen molar-refractivity contribution in [2.24, 2.45) is 10.9 Å². The van der Waals surface area contributed by atoms with Crippen molar-refractivity contribution in [1.82, 2.24) is 5.32 Å². The van der Waals surface area contributed by atoms with Gasteiger partial charge in [-0.3, -0.25) is 0 Å². The lowest BCUT2D eigenvalue weighted by molar-refractivity contribution is 0.0555. The highest BCUT2D eigenvalue weighted by Gasteiger charge is 2.16. The molecule has 106 valence electrons. The van der Waals surface area contributed by atoms with Gasteiger partial charge in [-0.2, -0.15) is 0 Å². The topological polar surface area (TPSA) is 90.9 Å². The molecule has 5 heteroatoms. The molecule has 0 amide bonds. The molecule has 0 aliphatic rings. The Kier molecular flexibility index (Phi) is 5.32. The first-order chi connectivity index (χ1) is 8.89. The summed E-state index contributed by atoms with van der Waals surface area (Å²) in [6.45, 7) is 6.97. The van der Waals surface area contributed by atoms with E-state index in [0.29, 0.717) is 25.1 Å². The highest BCUT2D eigenvalue weighted by atomic mass is 16.4. The Morgan fingerprint density at radius 2 is 2.16 bits per heavy atom. The van der Waals surface area contributed by atoms with Crippen LogP contribution in [-0.2, 0) is 6.54 Å². The van der Waals surface area contributed by atoms with Crippen LogP contribution in [0.3, 0.4) is 0 Å². The number of hydrogen-bond acceptors (Lipinski definition) is 4. The van der Waals surface area contributed by atoms with Crippen LogP contribution in [0.1, 0.15) is 37.0 Å². The maximum absolute atomic E-state index is 9.90. The molecule has 1 unspecified atom stereocenters. The van der Waals surface area contributed by atoms with Gasteiger partial charge in [-0.15, -0.1) is 0 Å². The summed E-state index contributed by atoms with van der Waals surface area (Å²) in [5.74, 6) is 0.108. The van der Waals surface area contributed by atoms with Gasteiger partial charge in [0.15, 0.2) is 5.84 Å². The van der Waals surface area contributed by atoms with Crippen molar-refractivity contribution in [2.75, 3.05) is 6.54 Å². The molecular weight excluding hydrogens is 242 g/mol. The van der Waals surface area contributed by atoms with Gasteiger partial charge >= 0.3 is 0 Å². The van der Waals surface area contributed by atoms with E-state index in [1.807, 2.05) is 39.0 Å². The van der Waals surface area contributed by atoms with E-state index in [-0.39, 0.29) is 5.84 Å². The Balaban J connectivity index is 2.66. The molecule has 0 saturated heterocycles. The number of hydrogen-bond donors (Lipinski definition) is 4. The zero-order chi connectivity index (χ0) is 14.5. The van der Waals surface area contributed by atoms with Gasteiger partial charge < -0.3 is 21.4 Å². The third-order valence-corrected chi connectivity index (χ3v) is 3.33. The van der Waals surface area contributed by atoms with Crippen LogP contribution in [0.2, 0.25) is 0 Å². The summed E-state index contributed by atoms with van der Waals surface area (Å²) < 4.78 is 0. The van der Waals surface area contributed by atoms with Crippen molar-refractivity contribution < 1.29 is 10.3 Å². The molecule has 5 N–H and O–H groups in total. The molecule has 0 fully saturated rings. The van der Waals surface area contributed by atoms with Crippen LogP contribution in [0.5, 0.6) is 0 Å². The standard InChI is InChI=1S/C14H23N3O2/c1-4-14(3,18)9-16-8-12-6-5-11(7-10(12)2)13(15)17-19/h5-7,16,18-19H,4,8-9H2,1-3H3,(H2,15,17). The minimum Gasteiger partial charge on any atom is -0.409 e. The van der Waals surface area contributed by atoms with Gasteiger partial charge in [0.2, 0.25) is 0 Å². The van der Waals surface area contributed by atoms with Gasteiger partial charge in [-0.25, -0.2) is 0 Å². The Bertz CT molecular complexity index is 456. The predicted octanol–water partition coefficient (Wildman–Crippen LogP) is 1.34. The van der Waals surface area contributed by atoms with Crippen LogP contribution in [-0.4, -0.2) is 28.3 Å². The monoisotopic (exact) mass is 265 g/mol. The van der Waals surface area contributed by atoms with Crippen molar-refractivity contribution in [1.29, 1.82) is 0 Å². The molecule has 1 atom stereocenters. The van der Waals surface area contributed by atoms with Gasteiger partial charge in [0.25, 0.3) is 0 Å².